The third-order valence-electron chi connectivity index (χ3n) is 3.40. The molecule has 104 valence electrons. The molecule has 0 unspecified atom stereocenters. The SMILES string of the molecule is Cc1ccc(C(=O)c2ccccc2CCN(C)C)cc1. The zero-order valence-electron chi connectivity index (χ0n) is 12.4. The minimum Gasteiger partial charge on any atom is -0.309 e. The Morgan fingerprint density at radius 3 is 2.30 bits per heavy atom. The number of benzene rings is 2. The molecule has 2 rings (SSSR count). The van der Waals surface area contributed by atoms with Crippen LogP contribution >= 0.6 is 0 Å². The highest BCUT2D eigenvalue weighted by molar-refractivity contribution is 6.09. The molecule has 0 aliphatic carbocycles. The van der Waals surface area contributed by atoms with E-state index in [9.17, 15) is 4.79 Å². The normalized spacial score (nSPS) is 10.8. The highest BCUT2D eigenvalue weighted by Crippen LogP contribution is 2.16. The second-order valence-corrected chi connectivity index (χ2v) is 5.41. The molecule has 0 radical (unpaired) electrons. The van der Waals surface area contributed by atoms with Gasteiger partial charge in [-0.05, 0) is 33.0 Å². The fourth-order valence-corrected chi connectivity index (χ4v) is 2.16. The van der Waals surface area contributed by atoms with E-state index in [2.05, 4.69) is 4.90 Å². The van der Waals surface area contributed by atoms with Crippen LogP contribution in [0.5, 0.6) is 0 Å². The maximum Gasteiger partial charge on any atom is 0.193 e. The molecule has 0 N–H and O–H groups in total. The first kappa shape index (κ1) is 14.5. The molecule has 20 heavy (non-hydrogen) atoms. The average molecular weight is 267 g/mol. The number of likely N-dealkylation sites (N-methyl/N-ethyl adjacent to an activating group) is 1. The van der Waals surface area contributed by atoms with E-state index in [1.165, 1.54) is 5.56 Å². The summed E-state index contributed by atoms with van der Waals surface area (Å²) in [6.45, 7) is 2.97. The Labute approximate surface area is 121 Å². The van der Waals surface area contributed by atoms with Gasteiger partial charge in [-0.25, -0.2) is 0 Å². The topological polar surface area (TPSA) is 20.3 Å². The van der Waals surface area contributed by atoms with Crippen molar-refractivity contribution in [2.75, 3.05) is 20.6 Å². The molecule has 0 amide bonds. The molecular weight excluding hydrogens is 246 g/mol. The molecule has 0 atom stereocenters. The molecule has 2 aromatic carbocycles. The van der Waals surface area contributed by atoms with Gasteiger partial charge in [-0.2, -0.15) is 0 Å². The van der Waals surface area contributed by atoms with Gasteiger partial charge >= 0.3 is 0 Å². The lowest BCUT2D eigenvalue weighted by Crippen LogP contribution is -2.16. The monoisotopic (exact) mass is 267 g/mol. The van der Waals surface area contributed by atoms with Gasteiger partial charge in [0.1, 0.15) is 0 Å². The molecule has 0 heterocycles. The van der Waals surface area contributed by atoms with Crippen molar-refractivity contribution in [3.8, 4) is 0 Å². The van der Waals surface area contributed by atoms with Crippen LogP contribution in [0.4, 0.5) is 0 Å². The predicted octanol–water partition coefficient (Wildman–Crippen LogP) is 3.33. The molecule has 0 aromatic heterocycles. The molecule has 2 heteroatoms. The largest absolute Gasteiger partial charge is 0.309 e. The van der Waals surface area contributed by atoms with Crippen molar-refractivity contribution in [3.05, 3.63) is 70.8 Å². The number of ketones is 1. The lowest BCUT2D eigenvalue weighted by molar-refractivity contribution is 0.103. The number of carbonyl (C=O) groups excluding carboxylic acids is 1. The Hall–Kier alpha value is -1.93. The Kier molecular flexibility index (Phi) is 4.70. The summed E-state index contributed by atoms with van der Waals surface area (Å²) in [5.74, 6) is 0.111. The van der Waals surface area contributed by atoms with Crippen LogP contribution in [0, 0.1) is 6.92 Å². The lowest BCUT2D eigenvalue weighted by Gasteiger charge is -2.12. The molecule has 2 aromatic rings. The number of carbonyl (C=O) groups is 1. The summed E-state index contributed by atoms with van der Waals surface area (Å²) in [6, 6.07) is 15.7. The van der Waals surface area contributed by atoms with E-state index in [-0.39, 0.29) is 5.78 Å². The number of rotatable bonds is 5. The van der Waals surface area contributed by atoms with Crippen molar-refractivity contribution in [3.63, 3.8) is 0 Å². The van der Waals surface area contributed by atoms with E-state index in [0.29, 0.717) is 0 Å². The summed E-state index contributed by atoms with van der Waals surface area (Å²) in [4.78, 5) is 14.7. The van der Waals surface area contributed by atoms with Crippen LogP contribution in [0.15, 0.2) is 48.5 Å². The zero-order chi connectivity index (χ0) is 14.5. The average Bonchev–Trinajstić information content (AvgIpc) is 2.45. The maximum atomic E-state index is 12.6. The maximum absolute atomic E-state index is 12.6. The first-order chi connectivity index (χ1) is 9.58. The van der Waals surface area contributed by atoms with Crippen molar-refractivity contribution in [2.45, 2.75) is 13.3 Å². The Morgan fingerprint density at radius 1 is 1.00 bits per heavy atom. The Morgan fingerprint density at radius 2 is 1.65 bits per heavy atom. The minimum atomic E-state index is 0.111. The van der Waals surface area contributed by atoms with Crippen molar-refractivity contribution < 1.29 is 4.79 Å². The molecule has 0 aliphatic heterocycles. The number of hydrogen-bond donors (Lipinski definition) is 0. The summed E-state index contributed by atoms with van der Waals surface area (Å²) in [5, 5.41) is 0. The summed E-state index contributed by atoms with van der Waals surface area (Å²) in [5.41, 5.74) is 3.86. The molecule has 0 saturated heterocycles. The van der Waals surface area contributed by atoms with Crippen molar-refractivity contribution in [2.24, 2.45) is 0 Å². The van der Waals surface area contributed by atoms with Gasteiger partial charge in [0.15, 0.2) is 5.78 Å². The van der Waals surface area contributed by atoms with E-state index < -0.39 is 0 Å². The van der Waals surface area contributed by atoms with Crippen LogP contribution in [0.2, 0.25) is 0 Å². The standard InChI is InChI=1S/C18H21NO/c1-14-8-10-16(11-9-14)18(20)17-7-5-4-6-15(17)12-13-19(2)3/h4-11H,12-13H2,1-3H3. The van der Waals surface area contributed by atoms with Crippen molar-refractivity contribution >= 4 is 5.78 Å². The van der Waals surface area contributed by atoms with Gasteiger partial charge in [-0.1, -0.05) is 54.1 Å². The van der Waals surface area contributed by atoms with Gasteiger partial charge in [0.05, 0.1) is 0 Å². The molecular formula is C18H21NO. The second kappa shape index (κ2) is 6.49. The van der Waals surface area contributed by atoms with Crippen molar-refractivity contribution in [1.29, 1.82) is 0 Å². The van der Waals surface area contributed by atoms with Gasteiger partial charge in [0, 0.05) is 17.7 Å². The highest BCUT2D eigenvalue weighted by atomic mass is 16.1. The summed E-state index contributed by atoms with van der Waals surface area (Å²) < 4.78 is 0. The third kappa shape index (κ3) is 3.55. The molecule has 0 saturated carbocycles. The summed E-state index contributed by atoms with van der Waals surface area (Å²) >= 11 is 0. The zero-order valence-corrected chi connectivity index (χ0v) is 12.4. The van der Waals surface area contributed by atoms with Gasteiger partial charge in [0.25, 0.3) is 0 Å². The van der Waals surface area contributed by atoms with E-state index in [4.69, 9.17) is 0 Å². The van der Waals surface area contributed by atoms with Crippen LogP contribution in [0.25, 0.3) is 0 Å². The van der Waals surface area contributed by atoms with Gasteiger partial charge in [0.2, 0.25) is 0 Å². The quantitative estimate of drug-likeness (QED) is 0.774. The molecule has 0 bridgehead atoms. The van der Waals surface area contributed by atoms with Gasteiger partial charge in [-0.15, -0.1) is 0 Å². The highest BCUT2D eigenvalue weighted by Gasteiger charge is 2.12. The van der Waals surface area contributed by atoms with Crippen LogP contribution in [0.3, 0.4) is 0 Å². The van der Waals surface area contributed by atoms with Gasteiger partial charge < -0.3 is 4.90 Å². The third-order valence-corrected chi connectivity index (χ3v) is 3.40. The lowest BCUT2D eigenvalue weighted by atomic mass is 9.96. The van der Waals surface area contributed by atoms with Crippen LogP contribution in [-0.4, -0.2) is 31.3 Å². The number of nitrogens with zero attached hydrogens (tertiary/aromatic N) is 1. The van der Waals surface area contributed by atoms with Crippen LogP contribution < -0.4 is 0 Å². The first-order valence-corrected chi connectivity index (χ1v) is 6.92. The van der Waals surface area contributed by atoms with E-state index in [1.54, 1.807) is 0 Å². The number of hydrogen-bond acceptors (Lipinski definition) is 2. The summed E-state index contributed by atoms with van der Waals surface area (Å²) in [6.07, 6.45) is 0.890. The van der Waals surface area contributed by atoms with E-state index in [1.807, 2.05) is 69.6 Å². The minimum absolute atomic E-state index is 0.111. The Balaban J connectivity index is 2.27. The summed E-state index contributed by atoms with van der Waals surface area (Å²) in [7, 11) is 4.09. The molecule has 0 aliphatic rings. The van der Waals surface area contributed by atoms with E-state index >= 15 is 0 Å². The van der Waals surface area contributed by atoms with Crippen LogP contribution in [0.1, 0.15) is 27.0 Å². The van der Waals surface area contributed by atoms with E-state index in [0.717, 1.165) is 29.7 Å². The first-order valence-electron chi connectivity index (χ1n) is 6.92. The number of aryl methyl sites for hydroxylation is 1. The van der Waals surface area contributed by atoms with Gasteiger partial charge in [-0.3, -0.25) is 4.79 Å². The molecule has 0 spiro atoms. The second-order valence-electron chi connectivity index (χ2n) is 5.41. The fraction of sp³-hybridized carbons (Fsp3) is 0.278. The molecule has 0 fully saturated rings. The smallest absolute Gasteiger partial charge is 0.193 e. The van der Waals surface area contributed by atoms with Crippen molar-refractivity contribution in [1.82, 2.24) is 4.90 Å². The molecule has 2 nitrogen and oxygen atoms in total. The van der Waals surface area contributed by atoms with Crippen LogP contribution in [-0.2, 0) is 6.42 Å². The Bertz CT molecular complexity index is 585. The predicted molar refractivity (Wildman–Crippen MR) is 83.3 cm³/mol. The fourth-order valence-electron chi connectivity index (χ4n) is 2.16.